The number of hydrogen-bond donors (Lipinski definition) is 1. The minimum atomic E-state index is 0.138. The van der Waals surface area contributed by atoms with E-state index < -0.39 is 0 Å². The van der Waals surface area contributed by atoms with E-state index in [0.717, 1.165) is 74.5 Å². The first kappa shape index (κ1) is 19.5. The summed E-state index contributed by atoms with van der Waals surface area (Å²) in [7, 11) is 0. The molecule has 1 aromatic carbocycles. The van der Waals surface area contributed by atoms with Gasteiger partial charge in [-0.25, -0.2) is 9.97 Å². The highest BCUT2D eigenvalue weighted by molar-refractivity contribution is 7.19. The highest BCUT2D eigenvalue weighted by Gasteiger charge is 2.25. The fourth-order valence-corrected chi connectivity index (χ4v) is 6.22. The molecule has 1 aliphatic carbocycles. The van der Waals surface area contributed by atoms with Gasteiger partial charge in [0.05, 0.1) is 31.7 Å². The first-order valence-corrected chi connectivity index (χ1v) is 12.2. The Bertz CT molecular complexity index is 1070. The van der Waals surface area contributed by atoms with Gasteiger partial charge in [0.25, 0.3) is 0 Å². The molecule has 31 heavy (non-hydrogen) atoms. The Balaban J connectivity index is 1.28. The summed E-state index contributed by atoms with van der Waals surface area (Å²) in [5.74, 6) is 2.92. The van der Waals surface area contributed by atoms with E-state index in [4.69, 9.17) is 19.4 Å². The lowest BCUT2D eigenvalue weighted by Gasteiger charge is -2.26. The number of rotatable bonds is 5. The summed E-state index contributed by atoms with van der Waals surface area (Å²) >= 11 is 1.87. The first-order chi connectivity index (χ1) is 15.3. The molecule has 3 aliphatic rings. The molecule has 6 nitrogen and oxygen atoms in total. The third-order valence-electron chi connectivity index (χ3n) is 6.54. The van der Waals surface area contributed by atoms with E-state index >= 15 is 0 Å². The van der Waals surface area contributed by atoms with Gasteiger partial charge in [-0.3, -0.25) is 4.90 Å². The van der Waals surface area contributed by atoms with Crippen molar-refractivity contribution in [2.75, 3.05) is 38.2 Å². The Hall–Kier alpha value is -2.22. The number of aromatic nitrogens is 2. The number of ether oxygens (including phenoxy) is 2. The number of para-hydroxylation sites is 1. The van der Waals surface area contributed by atoms with E-state index in [9.17, 15) is 0 Å². The number of hydrogen-bond acceptors (Lipinski definition) is 7. The molecular weight excluding hydrogens is 408 g/mol. The van der Waals surface area contributed by atoms with Crippen LogP contribution in [0.2, 0.25) is 0 Å². The quantitative estimate of drug-likeness (QED) is 0.656. The third kappa shape index (κ3) is 3.90. The molecule has 1 unspecified atom stereocenters. The second kappa shape index (κ2) is 8.37. The molecule has 162 valence electrons. The van der Waals surface area contributed by atoms with Crippen molar-refractivity contribution < 1.29 is 9.47 Å². The van der Waals surface area contributed by atoms with Crippen LogP contribution in [-0.2, 0) is 30.5 Å². The van der Waals surface area contributed by atoms with Gasteiger partial charge in [0.2, 0.25) is 0 Å². The van der Waals surface area contributed by atoms with Gasteiger partial charge in [-0.2, -0.15) is 0 Å². The van der Waals surface area contributed by atoms with E-state index in [1.807, 2.05) is 17.4 Å². The van der Waals surface area contributed by atoms with Gasteiger partial charge in [0, 0.05) is 24.4 Å². The minimum absolute atomic E-state index is 0.138. The van der Waals surface area contributed by atoms with Crippen molar-refractivity contribution >= 4 is 27.4 Å². The third-order valence-corrected chi connectivity index (χ3v) is 7.73. The van der Waals surface area contributed by atoms with Crippen molar-refractivity contribution in [2.45, 2.75) is 44.8 Å². The highest BCUT2D eigenvalue weighted by Crippen LogP contribution is 2.39. The SMILES string of the molecule is c1ccc2c(c1)CC(CNc1nc(CN3CCOCC3)nc3sc4c(c13)CCCC4)O2. The second-order valence-corrected chi connectivity index (χ2v) is 9.78. The highest BCUT2D eigenvalue weighted by atomic mass is 32.1. The Morgan fingerprint density at radius 2 is 1.97 bits per heavy atom. The molecule has 3 aromatic rings. The lowest BCUT2D eigenvalue weighted by atomic mass is 9.97. The average Bonchev–Trinajstić information content (AvgIpc) is 3.39. The summed E-state index contributed by atoms with van der Waals surface area (Å²) in [5, 5.41) is 4.92. The Kier molecular flexibility index (Phi) is 5.26. The minimum Gasteiger partial charge on any atom is -0.488 e. The van der Waals surface area contributed by atoms with E-state index in [1.165, 1.54) is 40.7 Å². The topological polar surface area (TPSA) is 59.5 Å². The number of nitrogens with zero attached hydrogens (tertiary/aromatic N) is 3. The summed E-state index contributed by atoms with van der Waals surface area (Å²) < 4.78 is 11.7. The Labute approximate surface area is 186 Å². The van der Waals surface area contributed by atoms with E-state index in [0.29, 0.717) is 0 Å². The molecule has 4 heterocycles. The average molecular weight is 437 g/mol. The van der Waals surface area contributed by atoms with E-state index in [2.05, 4.69) is 28.4 Å². The summed E-state index contributed by atoms with van der Waals surface area (Å²) in [6, 6.07) is 8.35. The van der Waals surface area contributed by atoms with Crippen LogP contribution in [0.1, 0.15) is 34.7 Å². The smallest absolute Gasteiger partial charge is 0.146 e. The number of benzene rings is 1. The number of anilines is 1. The number of fused-ring (bicyclic) bond motifs is 4. The zero-order chi connectivity index (χ0) is 20.6. The molecule has 1 N–H and O–H groups in total. The van der Waals surface area contributed by atoms with Gasteiger partial charge in [-0.15, -0.1) is 11.3 Å². The fraction of sp³-hybridized carbons (Fsp3) is 0.500. The molecule has 2 aromatic heterocycles. The van der Waals surface area contributed by atoms with Crippen molar-refractivity contribution in [3.63, 3.8) is 0 Å². The van der Waals surface area contributed by atoms with Gasteiger partial charge in [0.15, 0.2) is 0 Å². The first-order valence-electron chi connectivity index (χ1n) is 11.4. The van der Waals surface area contributed by atoms with Gasteiger partial charge in [-0.1, -0.05) is 18.2 Å². The lowest BCUT2D eigenvalue weighted by Crippen LogP contribution is -2.36. The van der Waals surface area contributed by atoms with Crippen LogP contribution in [-0.4, -0.2) is 53.8 Å². The molecule has 0 amide bonds. The van der Waals surface area contributed by atoms with Crippen molar-refractivity contribution in [3.8, 4) is 5.75 Å². The van der Waals surface area contributed by atoms with Gasteiger partial charge in [-0.05, 0) is 42.9 Å². The van der Waals surface area contributed by atoms with Crippen molar-refractivity contribution in [1.82, 2.24) is 14.9 Å². The number of thiophene rings is 1. The fourth-order valence-electron chi connectivity index (χ4n) is 4.94. The van der Waals surface area contributed by atoms with E-state index in [1.54, 1.807) is 0 Å². The zero-order valence-electron chi connectivity index (χ0n) is 17.7. The maximum atomic E-state index is 6.16. The van der Waals surface area contributed by atoms with Crippen molar-refractivity contribution in [2.24, 2.45) is 0 Å². The Morgan fingerprint density at radius 3 is 2.87 bits per heavy atom. The van der Waals surface area contributed by atoms with Crippen molar-refractivity contribution in [1.29, 1.82) is 0 Å². The van der Waals surface area contributed by atoms with Gasteiger partial charge < -0.3 is 14.8 Å². The molecule has 7 heteroatoms. The van der Waals surface area contributed by atoms with Crippen LogP contribution in [0, 0.1) is 0 Å². The molecule has 0 spiro atoms. The van der Waals surface area contributed by atoms with Crippen LogP contribution in [0.4, 0.5) is 5.82 Å². The molecule has 0 saturated carbocycles. The van der Waals surface area contributed by atoms with Crippen LogP contribution in [0.5, 0.6) is 5.75 Å². The molecule has 2 aliphatic heterocycles. The zero-order valence-corrected chi connectivity index (χ0v) is 18.5. The predicted molar refractivity (Wildman–Crippen MR) is 123 cm³/mol. The van der Waals surface area contributed by atoms with Crippen molar-refractivity contribution in [3.05, 3.63) is 46.1 Å². The number of aryl methyl sites for hydroxylation is 2. The van der Waals surface area contributed by atoms with Crippen LogP contribution >= 0.6 is 11.3 Å². The van der Waals surface area contributed by atoms with E-state index in [-0.39, 0.29) is 6.10 Å². The van der Waals surface area contributed by atoms with Gasteiger partial charge in [0.1, 0.15) is 28.3 Å². The summed E-state index contributed by atoms with van der Waals surface area (Å²) in [4.78, 5) is 15.1. The van der Waals surface area contributed by atoms with Crippen LogP contribution in [0.25, 0.3) is 10.2 Å². The van der Waals surface area contributed by atoms with Crippen LogP contribution < -0.4 is 10.1 Å². The molecule has 1 saturated heterocycles. The lowest BCUT2D eigenvalue weighted by molar-refractivity contribution is 0.0331. The van der Waals surface area contributed by atoms with Crippen LogP contribution in [0.3, 0.4) is 0 Å². The second-order valence-electron chi connectivity index (χ2n) is 8.70. The largest absolute Gasteiger partial charge is 0.488 e. The standard InChI is InChI=1S/C24H28N4O2S/c1-3-7-19-16(5-1)13-17(30-19)14-25-23-22-18-6-2-4-8-20(18)31-24(22)27-21(26-23)15-28-9-11-29-12-10-28/h1,3,5,7,17H,2,4,6,8-15H2,(H,25,26,27). The normalized spacial score (nSPS) is 21.0. The molecule has 0 bridgehead atoms. The molecule has 1 atom stereocenters. The van der Waals surface area contributed by atoms with Gasteiger partial charge >= 0.3 is 0 Å². The summed E-state index contributed by atoms with van der Waals surface area (Å²) in [5.41, 5.74) is 2.77. The maximum absolute atomic E-state index is 6.16. The predicted octanol–water partition coefficient (Wildman–Crippen LogP) is 3.82. The summed E-state index contributed by atoms with van der Waals surface area (Å²) in [6.07, 6.45) is 5.94. The number of morpholine rings is 1. The monoisotopic (exact) mass is 436 g/mol. The molecule has 1 fully saturated rings. The molecule has 6 rings (SSSR count). The molecule has 0 radical (unpaired) electrons. The molecular formula is C24H28N4O2S. The van der Waals surface area contributed by atoms with Crippen LogP contribution in [0.15, 0.2) is 24.3 Å². The summed E-state index contributed by atoms with van der Waals surface area (Å²) in [6.45, 7) is 5.00. The maximum Gasteiger partial charge on any atom is 0.146 e. The number of nitrogens with one attached hydrogen (secondary N) is 1. The Morgan fingerprint density at radius 1 is 1.10 bits per heavy atom.